The summed E-state index contributed by atoms with van der Waals surface area (Å²) in [6.45, 7) is 0.543. The molecule has 0 N–H and O–H groups in total. The van der Waals surface area contributed by atoms with Gasteiger partial charge in [0.2, 0.25) is 0 Å². The van der Waals surface area contributed by atoms with Crippen LogP contribution in [0.5, 0.6) is 0 Å². The van der Waals surface area contributed by atoms with Crippen LogP contribution in [0.2, 0.25) is 5.02 Å². The number of nitrogens with zero attached hydrogens (tertiary/aromatic N) is 1. The van der Waals surface area contributed by atoms with Gasteiger partial charge in [-0.1, -0.05) is 0 Å². The van der Waals surface area contributed by atoms with Crippen molar-refractivity contribution < 1.29 is 8.42 Å². The van der Waals surface area contributed by atoms with E-state index in [2.05, 4.69) is 12.1 Å². The molecule has 0 saturated heterocycles. The van der Waals surface area contributed by atoms with E-state index < -0.39 is 10.0 Å². The van der Waals surface area contributed by atoms with E-state index in [-0.39, 0.29) is 15.0 Å². The standard InChI is InChI=1S/C15H14ClNO2SSe/c1-20(18,19)17-8-7-11-9-14(5-6-15(11)17)21-13-4-2-3-12(16)10-13/h2-6,9-10H,7-8H2,1H3. The molecule has 2 aromatic carbocycles. The first-order valence-corrected chi connectivity index (χ1v) is 10.4. The molecular formula is C15H14ClNO2SSe. The van der Waals surface area contributed by atoms with E-state index in [1.54, 1.807) is 0 Å². The van der Waals surface area contributed by atoms with Crippen molar-refractivity contribution in [1.29, 1.82) is 0 Å². The summed E-state index contributed by atoms with van der Waals surface area (Å²) in [6, 6.07) is 13.9. The van der Waals surface area contributed by atoms with E-state index >= 15 is 0 Å². The number of rotatable bonds is 3. The second-order valence-corrected chi connectivity index (χ2v) is 9.68. The maximum atomic E-state index is 11.7. The summed E-state index contributed by atoms with van der Waals surface area (Å²) in [6.07, 6.45) is 2.04. The van der Waals surface area contributed by atoms with Crippen molar-refractivity contribution >= 4 is 51.2 Å². The molecule has 0 saturated carbocycles. The molecule has 3 nitrogen and oxygen atoms in total. The zero-order chi connectivity index (χ0) is 15.0. The quantitative estimate of drug-likeness (QED) is 0.746. The Morgan fingerprint density at radius 2 is 1.90 bits per heavy atom. The topological polar surface area (TPSA) is 37.4 Å². The molecule has 0 radical (unpaired) electrons. The molecule has 0 atom stereocenters. The molecule has 0 spiro atoms. The number of anilines is 1. The molecule has 110 valence electrons. The third kappa shape index (κ3) is 3.27. The number of sulfonamides is 1. The third-order valence-corrected chi connectivity index (χ3v) is 6.81. The fraction of sp³-hybridized carbons (Fsp3) is 0.200. The first kappa shape index (κ1) is 14.9. The Hall–Kier alpha value is -1.00. The fourth-order valence-electron chi connectivity index (χ4n) is 2.42. The van der Waals surface area contributed by atoms with Gasteiger partial charge in [-0.25, -0.2) is 0 Å². The van der Waals surface area contributed by atoms with Gasteiger partial charge in [-0.05, 0) is 0 Å². The zero-order valence-electron chi connectivity index (χ0n) is 11.4. The van der Waals surface area contributed by atoms with Crippen LogP contribution >= 0.6 is 11.6 Å². The number of halogens is 1. The molecule has 1 aliphatic rings. The van der Waals surface area contributed by atoms with Gasteiger partial charge in [-0.3, -0.25) is 0 Å². The van der Waals surface area contributed by atoms with Crippen LogP contribution in [0, 0.1) is 0 Å². The van der Waals surface area contributed by atoms with Crippen LogP contribution in [0.3, 0.4) is 0 Å². The predicted molar refractivity (Wildman–Crippen MR) is 88.8 cm³/mol. The van der Waals surface area contributed by atoms with E-state index in [4.69, 9.17) is 11.6 Å². The van der Waals surface area contributed by atoms with Crippen molar-refractivity contribution in [3.63, 3.8) is 0 Å². The Kier molecular flexibility index (Phi) is 4.02. The van der Waals surface area contributed by atoms with Gasteiger partial charge in [0, 0.05) is 0 Å². The SMILES string of the molecule is CS(=O)(=O)N1CCc2cc([Se]c3cccc(Cl)c3)ccc21. The zero-order valence-corrected chi connectivity index (χ0v) is 14.7. The summed E-state index contributed by atoms with van der Waals surface area (Å²) in [5.41, 5.74) is 1.94. The van der Waals surface area contributed by atoms with E-state index in [9.17, 15) is 8.42 Å². The molecule has 0 aromatic heterocycles. The average Bonchev–Trinajstić information content (AvgIpc) is 2.81. The number of hydrogen-bond acceptors (Lipinski definition) is 2. The Bertz CT molecular complexity index is 792. The Morgan fingerprint density at radius 1 is 1.14 bits per heavy atom. The molecule has 21 heavy (non-hydrogen) atoms. The summed E-state index contributed by atoms with van der Waals surface area (Å²) in [5.74, 6) is 0. The van der Waals surface area contributed by atoms with Crippen molar-refractivity contribution in [3.8, 4) is 0 Å². The molecule has 6 heteroatoms. The number of fused-ring (bicyclic) bond motifs is 1. The summed E-state index contributed by atoms with van der Waals surface area (Å²) >= 11 is 6.19. The summed E-state index contributed by atoms with van der Waals surface area (Å²) in [4.78, 5) is 0. The summed E-state index contributed by atoms with van der Waals surface area (Å²) < 4.78 is 27.4. The van der Waals surface area contributed by atoms with Gasteiger partial charge >= 0.3 is 136 Å². The Balaban J connectivity index is 1.88. The Labute approximate surface area is 136 Å². The molecule has 0 bridgehead atoms. The monoisotopic (exact) mass is 387 g/mol. The maximum absolute atomic E-state index is 11.7. The van der Waals surface area contributed by atoms with Crippen LogP contribution in [0.25, 0.3) is 0 Å². The van der Waals surface area contributed by atoms with Crippen LogP contribution in [0.15, 0.2) is 42.5 Å². The molecular weight excluding hydrogens is 373 g/mol. The van der Waals surface area contributed by atoms with Gasteiger partial charge in [0.25, 0.3) is 0 Å². The van der Waals surface area contributed by atoms with Crippen molar-refractivity contribution in [2.24, 2.45) is 0 Å². The molecule has 2 aromatic rings. The van der Waals surface area contributed by atoms with Gasteiger partial charge in [-0.15, -0.1) is 0 Å². The van der Waals surface area contributed by atoms with Gasteiger partial charge in [0.1, 0.15) is 0 Å². The summed E-state index contributed by atoms with van der Waals surface area (Å²) in [5, 5.41) is 0.749. The van der Waals surface area contributed by atoms with E-state index in [0.717, 1.165) is 22.7 Å². The predicted octanol–water partition coefficient (Wildman–Crippen LogP) is 1.32. The first-order chi connectivity index (χ1) is 9.93. The van der Waals surface area contributed by atoms with Crippen LogP contribution in [-0.2, 0) is 16.4 Å². The molecule has 0 amide bonds. The molecule has 1 heterocycles. The van der Waals surface area contributed by atoms with E-state index in [1.807, 2.05) is 30.3 Å². The van der Waals surface area contributed by atoms with Gasteiger partial charge in [0.15, 0.2) is 0 Å². The molecule has 0 unspecified atom stereocenters. The second kappa shape index (κ2) is 5.65. The van der Waals surface area contributed by atoms with Gasteiger partial charge < -0.3 is 0 Å². The number of hydrogen-bond donors (Lipinski definition) is 0. The minimum atomic E-state index is -3.17. The summed E-state index contributed by atoms with van der Waals surface area (Å²) in [7, 11) is -3.17. The van der Waals surface area contributed by atoms with Crippen LogP contribution in [0.1, 0.15) is 5.56 Å². The van der Waals surface area contributed by atoms with Gasteiger partial charge in [0.05, 0.1) is 0 Å². The average molecular weight is 387 g/mol. The minimum absolute atomic E-state index is 0.179. The van der Waals surface area contributed by atoms with Crippen molar-refractivity contribution in [2.75, 3.05) is 17.1 Å². The van der Waals surface area contributed by atoms with Crippen LogP contribution < -0.4 is 13.2 Å². The Morgan fingerprint density at radius 3 is 2.62 bits per heavy atom. The molecule has 3 rings (SSSR count). The molecule has 1 aliphatic heterocycles. The van der Waals surface area contributed by atoms with Gasteiger partial charge in [-0.2, -0.15) is 0 Å². The van der Waals surface area contributed by atoms with Crippen molar-refractivity contribution in [1.82, 2.24) is 0 Å². The van der Waals surface area contributed by atoms with Crippen LogP contribution in [-0.4, -0.2) is 36.2 Å². The fourth-order valence-corrected chi connectivity index (χ4v) is 5.69. The molecule has 0 aliphatic carbocycles. The number of benzene rings is 2. The third-order valence-electron chi connectivity index (χ3n) is 3.34. The van der Waals surface area contributed by atoms with E-state index in [0.29, 0.717) is 6.54 Å². The normalized spacial score (nSPS) is 14.3. The van der Waals surface area contributed by atoms with Crippen molar-refractivity contribution in [2.45, 2.75) is 6.42 Å². The van der Waals surface area contributed by atoms with E-state index in [1.165, 1.54) is 19.5 Å². The molecule has 0 fully saturated rings. The van der Waals surface area contributed by atoms with Crippen LogP contribution in [0.4, 0.5) is 5.69 Å². The second-order valence-electron chi connectivity index (χ2n) is 4.94. The first-order valence-electron chi connectivity index (χ1n) is 6.47. The van der Waals surface area contributed by atoms with Crippen molar-refractivity contribution in [3.05, 3.63) is 53.1 Å².